The second-order valence-corrected chi connectivity index (χ2v) is 9.72. The highest BCUT2D eigenvalue weighted by atomic mass is 35.5. The summed E-state index contributed by atoms with van der Waals surface area (Å²) in [7, 11) is 0. The van der Waals surface area contributed by atoms with Crippen LogP contribution in [-0.2, 0) is 12.2 Å². The van der Waals surface area contributed by atoms with Gasteiger partial charge in [-0.1, -0.05) is 65.7 Å². The Morgan fingerprint density at radius 3 is 2.35 bits per heavy atom. The SMILES string of the molecule is [C-]#[N+]c1ccc([C@](C)(O)CN2CCN(c3ccc(CO)cc3Cl)[C@H](c3ccc(Cl)cc3)C2)cc1. The molecule has 1 heterocycles. The summed E-state index contributed by atoms with van der Waals surface area (Å²) in [6.07, 6.45) is 0. The summed E-state index contributed by atoms with van der Waals surface area (Å²) in [6, 6.07) is 20.6. The van der Waals surface area contributed by atoms with Crippen LogP contribution in [0, 0.1) is 6.57 Å². The van der Waals surface area contributed by atoms with Gasteiger partial charge in [0.2, 0.25) is 0 Å². The normalized spacial score (nSPS) is 18.4. The minimum absolute atomic E-state index is 0.00350. The van der Waals surface area contributed by atoms with Gasteiger partial charge < -0.3 is 15.1 Å². The van der Waals surface area contributed by atoms with Gasteiger partial charge in [0.25, 0.3) is 0 Å². The first-order valence-corrected chi connectivity index (χ1v) is 11.9. The molecule has 0 amide bonds. The first-order chi connectivity index (χ1) is 16.3. The Balaban J connectivity index is 1.60. The second kappa shape index (κ2) is 10.4. The van der Waals surface area contributed by atoms with Crippen molar-refractivity contribution in [3.63, 3.8) is 0 Å². The number of nitrogens with zero attached hydrogens (tertiary/aromatic N) is 3. The van der Waals surface area contributed by atoms with Crippen LogP contribution in [0.25, 0.3) is 4.85 Å². The predicted octanol–water partition coefficient (Wildman–Crippen LogP) is 5.81. The minimum Gasteiger partial charge on any atom is -0.392 e. The largest absolute Gasteiger partial charge is 0.392 e. The van der Waals surface area contributed by atoms with Gasteiger partial charge in [-0.3, -0.25) is 4.90 Å². The lowest BCUT2D eigenvalue weighted by molar-refractivity contribution is 0.0103. The van der Waals surface area contributed by atoms with E-state index < -0.39 is 5.60 Å². The highest BCUT2D eigenvalue weighted by Gasteiger charge is 2.34. The maximum absolute atomic E-state index is 11.3. The fourth-order valence-corrected chi connectivity index (χ4v) is 4.98. The number of anilines is 1. The number of hydrogen-bond donors (Lipinski definition) is 2. The van der Waals surface area contributed by atoms with E-state index in [0.29, 0.717) is 28.8 Å². The summed E-state index contributed by atoms with van der Waals surface area (Å²) in [5, 5.41) is 22.0. The molecular formula is C27H27Cl2N3O2. The van der Waals surface area contributed by atoms with Crippen molar-refractivity contribution in [2.75, 3.05) is 31.1 Å². The van der Waals surface area contributed by atoms with E-state index in [1.807, 2.05) is 55.5 Å². The van der Waals surface area contributed by atoms with Crippen molar-refractivity contribution in [3.8, 4) is 0 Å². The molecule has 0 spiro atoms. The van der Waals surface area contributed by atoms with Gasteiger partial charge >= 0.3 is 0 Å². The highest BCUT2D eigenvalue weighted by molar-refractivity contribution is 6.33. The summed E-state index contributed by atoms with van der Waals surface area (Å²) in [5.74, 6) is 0. The van der Waals surface area contributed by atoms with E-state index in [1.54, 1.807) is 18.2 Å². The Labute approximate surface area is 210 Å². The van der Waals surface area contributed by atoms with Crippen LogP contribution in [0.4, 0.5) is 11.4 Å². The van der Waals surface area contributed by atoms with Crippen LogP contribution in [0.2, 0.25) is 10.0 Å². The van der Waals surface area contributed by atoms with Gasteiger partial charge in [0.1, 0.15) is 0 Å². The van der Waals surface area contributed by atoms with E-state index in [-0.39, 0.29) is 12.6 Å². The van der Waals surface area contributed by atoms with E-state index in [4.69, 9.17) is 29.8 Å². The molecule has 5 nitrogen and oxygen atoms in total. The summed E-state index contributed by atoms with van der Waals surface area (Å²) >= 11 is 12.8. The van der Waals surface area contributed by atoms with Crippen LogP contribution in [0.1, 0.15) is 29.7 Å². The van der Waals surface area contributed by atoms with E-state index in [1.165, 1.54) is 0 Å². The molecule has 4 rings (SSSR count). The van der Waals surface area contributed by atoms with Crippen molar-refractivity contribution in [2.24, 2.45) is 0 Å². The number of hydrogen-bond acceptors (Lipinski definition) is 4. The molecule has 0 aliphatic carbocycles. The van der Waals surface area contributed by atoms with Gasteiger partial charge in [0.05, 0.1) is 35.5 Å². The Bertz CT molecular complexity index is 1170. The lowest BCUT2D eigenvalue weighted by Crippen LogP contribution is -2.52. The zero-order chi connectivity index (χ0) is 24.3. The van der Waals surface area contributed by atoms with Crippen molar-refractivity contribution in [1.29, 1.82) is 0 Å². The molecular weight excluding hydrogens is 469 g/mol. The predicted molar refractivity (Wildman–Crippen MR) is 138 cm³/mol. The van der Waals surface area contributed by atoms with Crippen LogP contribution in [-0.4, -0.2) is 41.3 Å². The smallest absolute Gasteiger partial charge is 0.187 e. The van der Waals surface area contributed by atoms with E-state index >= 15 is 0 Å². The number of rotatable bonds is 6. The Morgan fingerprint density at radius 2 is 1.74 bits per heavy atom. The maximum Gasteiger partial charge on any atom is 0.187 e. The topological polar surface area (TPSA) is 51.3 Å². The molecule has 0 radical (unpaired) electrons. The third-order valence-electron chi connectivity index (χ3n) is 6.37. The molecule has 7 heteroatoms. The zero-order valence-electron chi connectivity index (χ0n) is 19.0. The third kappa shape index (κ3) is 5.38. The average Bonchev–Trinajstić information content (AvgIpc) is 2.84. The molecule has 0 unspecified atom stereocenters. The summed E-state index contributed by atoms with van der Waals surface area (Å²) in [5.41, 5.74) is 3.08. The number of benzene rings is 3. The Hall–Kier alpha value is -2.59. The van der Waals surface area contributed by atoms with Crippen LogP contribution in [0.3, 0.4) is 0 Å². The lowest BCUT2D eigenvalue weighted by Gasteiger charge is -2.45. The standard InChI is InChI=1S/C27H27Cl2N3O2/c1-27(34,21-6-10-23(30-2)11-7-21)18-31-13-14-32(25-12-3-19(17-33)15-24(25)29)26(16-31)20-4-8-22(28)9-5-20/h3-12,15,26,33-34H,13-14,16-18H2,1H3/t26-,27+/m0/s1. The number of aliphatic hydroxyl groups is 2. The molecule has 34 heavy (non-hydrogen) atoms. The van der Waals surface area contributed by atoms with Gasteiger partial charge in [-0.15, -0.1) is 0 Å². The van der Waals surface area contributed by atoms with Crippen molar-refractivity contribution in [2.45, 2.75) is 25.2 Å². The molecule has 0 saturated carbocycles. The van der Waals surface area contributed by atoms with Crippen molar-refractivity contribution in [3.05, 3.63) is 105 Å². The van der Waals surface area contributed by atoms with Gasteiger partial charge in [-0.05, 0) is 47.9 Å². The third-order valence-corrected chi connectivity index (χ3v) is 6.93. The van der Waals surface area contributed by atoms with Crippen LogP contribution < -0.4 is 4.90 Å². The fourth-order valence-electron chi connectivity index (χ4n) is 4.55. The molecule has 0 bridgehead atoms. The fraction of sp³-hybridized carbons (Fsp3) is 0.296. The molecule has 3 aromatic rings. The number of piperazine rings is 1. The first kappa shape index (κ1) is 24.5. The second-order valence-electron chi connectivity index (χ2n) is 8.87. The summed E-state index contributed by atoms with van der Waals surface area (Å²) in [6.45, 7) is 11.5. The van der Waals surface area contributed by atoms with Gasteiger partial charge in [0, 0.05) is 31.2 Å². The lowest BCUT2D eigenvalue weighted by atomic mass is 9.93. The van der Waals surface area contributed by atoms with E-state index in [9.17, 15) is 10.2 Å². The highest BCUT2D eigenvalue weighted by Crippen LogP contribution is 2.37. The van der Waals surface area contributed by atoms with E-state index in [0.717, 1.165) is 35.5 Å². The Kier molecular flexibility index (Phi) is 7.47. The number of halogens is 2. The quantitative estimate of drug-likeness (QED) is 0.423. The molecule has 1 aliphatic heterocycles. The Morgan fingerprint density at radius 1 is 1.03 bits per heavy atom. The molecule has 2 N–H and O–H groups in total. The molecule has 176 valence electrons. The van der Waals surface area contributed by atoms with Crippen molar-refractivity contribution < 1.29 is 10.2 Å². The van der Waals surface area contributed by atoms with Crippen molar-refractivity contribution in [1.82, 2.24) is 4.90 Å². The van der Waals surface area contributed by atoms with Crippen LogP contribution in [0.15, 0.2) is 66.7 Å². The molecule has 1 aliphatic rings. The van der Waals surface area contributed by atoms with Gasteiger partial charge in [0.15, 0.2) is 5.69 Å². The maximum atomic E-state index is 11.3. The van der Waals surface area contributed by atoms with E-state index in [2.05, 4.69) is 14.6 Å². The van der Waals surface area contributed by atoms with Crippen molar-refractivity contribution >= 4 is 34.6 Å². The zero-order valence-corrected chi connectivity index (χ0v) is 20.5. The average molecular weight is 496 g/mol. The summed E-state index contributed by atoms with van der Waals surface area (Å²) in [4.78, 5) is 7.97. The molecule has 2 atom stereocenters. The summed E-state index contributed by atoms with van der Waals surface area (Å²) < 4.78 is 0. The molecule has 1 fully saturated rings. The van der Waals surface area contributed by atoms with Crippen LogP contribution in [0.5, 0.6) is 0 Å². The molecule has 1 saturated heterocycles. The number of aliphatic hydroxyl groups excluding tert-OH is 1. The minimum atomic E-state index is -1.06. The first-order valence-electron chi connectivity index (χ1n) is 11.1. The van der Waals surface area contributed by atoms with Gasteiger partial charge in [-0.2, -0.15) is 0 Å². The monoisotopic (exact) mass is 495 g/mol. The number of β-amino-alcohol motifs (C(OH)–C–C–N with tert-alkyl or cyclic N) is 1. The van der Waals surface area contributed by atoms with Gasteiger partial charge in [-0.25, -0.2) is 4.85 Å². The van der Waals surface area contributed by atoms with Crippen LogP contribution >= 0.6 is 23.2 Å². The molecule has 0 aromatic heterocycles. The molecule has 3 aromatic carbocycles.